The van der Waals surface area contributed by atoms with Gasteiger partial charge in [0.2, 0.25) is 0 Å². The van der Waals surface area contributed by atoms with Gasteiger partial charge in [0, 0.05) is 56.1 Å². The number of benzene rings is 2. The van der Waals surface area contributed by atoms with Crippen LogP contribution in [-0.4, -0.2) is 49.6 Å². The van der Waals surface area contributed by atoms with Gasteiger partial charge in [0.15, 0.2) is 0 Å². The topological polar surface area (TPSA) is 27.7 Å². The monoisotopic (exact) mass is 435 g/mol. The van der Waals surface area contributed by atoms with Gasteiger partial charge in [0.25, 0.3) is 0 Å². The number of nitrogens with one attached hydrogen (secondary N) is 1. The molecule has 0 bridgehead atoms. The molecule has 1 saturated heterocycles. The zero-order valence-corrected chi connectivity index (χ0v) is 19.2. The first-order chi connectivity index (χ1) is 15.3. The van der Waals surface area contributed by atoms with Crippen LogP contribution in [0.5, 0.6) is 5.75 Å². The van der Waals surface area contributed by atoms with Crippen molar-refractivity contribution in [2.24, 2.45) is 0 Å². The highest BCUT2D eigenvalue weighted by Gasteiger charge is 2.20. The molecule has 4 nitrogen and oxygen atoms in total. The molecule has 164 valence electrons. The number of nitrogens with zero attached hydrogens (tertiary/aromatic N) is 2. The molecule has 2 heterocycles. The number of ether oxygens (including phenoxy) is 1. The maximum Gasteiger partial charge on any atom is 0.134 e. The minimum absolute atomic E-state index is 0.0938. The molecule has 1 aliphatic heterocycles. The van der Waals surface area contributed by atoms with Crippen molar-refractivity contribution < 1.29 is 4.74 Å². The molecule has 0 spiro atoms. The third-order valence-corrected chi connectivity index (χ3v) is 6.83. The SMILES string of the molecule is CNCCC(Oc1ccccc1CN1CCN(Cc2ccccc2)CC1)c1cccs1. The molecule has 0 saturated carbocycles. The smallest absolute Gasteiger partial charge is 0.134 e. The fourth-order valence-corrected chi connectivity index (χ4v) is 4.89. The van der Waals surface area contributed by atoms with E-state index in [-0.39, 0.29) is 6.10 Å². The molecule has 1 N–H and O–H groups in total. The van der Waals surface area contributed by atoms with Crippen LogP contribution < -0.4 is 10.1 Å². The van der Waals surface area contributed by atoms with Crippen molar-refractivity contribution in [2.75, 3.05) is 39.8 Å². The molecular formula is C26H33N3OS. The van der Waals surface area contributed by atoms with E-state index < -0.39 is 0 Å². The Hall–Kier alpha value is -2.18. The van der Waals surface area contributed by atoms with Gasteiger partial charge in [-0.05, 0) is 36.7 Å². The lowest BCUT2D eigenvalue weighted by atomic mass is 10.1. The van der Waals surface area contributed by atoms with Crippen molar-refractivity contribution in [2.45, 2.75) is 25.6 Å². The second kappa shape index (κ2) is 11.4. The molecule has 1 aromatic heterocycles. The van der Waals surface area contributed by atoms with Crippen LogP contribution in [0.15, 0.2) is 72.1 Å². The molecule has 0 amide bonds. The highest BCUT2D eigenvalue weighted by molar-refractivity contribution is 7.10. The molecule has 2 aromatic carbocycles. The van der Waals surface area contributed by atoms with E-state index in [9.17, 15) is 0 Å². The van der Waals surface area contributed by atoms with Gasteiger partial charge in [-0.25, -0.2) is 0 Å². The van der Waals surface area contributed by atoms with Crippen LogP contribution in [-0.2, 0) is 13.1 Å². The third-order valence-electron chi connectivity index (χ3n) is 5.87. The molecule has 5 heteroatoms. The van der Waals surface area contributed by atoms with Crippen molar-refractivity contribution in [3.05, 3.63) is 88.1 Å². The summed E-state index contributed by atoms with van der Waals surface area (Å²) >= 11 is 1.77. The highest BCUT2D eigenvalue weighted by Crippen LogP contribution is 2.30. The van der Waals surface area contributed by atoms with E-state index >= 15 is 0 Å². The maximum atomic E-state index is 6.57. The average Bonchev–Trinajstić information content (AvgIpc) is 3.35. The van der Waals surface area contributed by atoms with Gasteiger partial charge >= 0.3 is 0 Å². The van der Waals surface area contributed by atoms with E-state index in [0.29, 0.717) is 0 Å². The van der Waals surface area contributed by atoms with Gasteiger partial charge in [-0.2, -0.15) is 0 Å². The number of hydrogen-bond acceptors (Lipinski definition) is 5. The Labute approximate surface area is 190 Å². The van der Waals surface area contributed by atoms with Gasteiger partial charge in [-0.15, -0.1) is 11.3 Å². The van der Waals surface area contributed by atoms with Crippen LogP contribution in [0.4, 0.5) is 0 Å². The lowest BCUT2D eigenvalue weighted by Gasteiger charge is -2.35. The molecular weight excluding hydrogens is 402 g/mol. The van der Waals surface area contributed by atoms with Crippen LogP contribution in [0, 0.1) is 0 Å². The van der Waals surface area contributed by atoms with Gasteiger partial charge in [-0.3, -0.25) is 9.80 Å². The molecule has 1 aliphatic rings. The standard InChI is InChI=1S/C26H33N3OS/c1-27-14-13-25(26-12-7-19-31-26)30-24-11-6-5-10-23(24)21-29-17-15-28(16-18-29)20-22-8-3-2-4-9-22/h2-12,19,25,27H,13-18,20-21H2,1H3. The highest BCUT2D eigenvalue weighted by atomic mass is 32.1. The number of hydrogen-bond donors (Lipinski definition) is 1. The Morgan fingerprint density at radius 1 is 0.871 bits per heavy atom. The summed E-state index contributed by atoms with van der Waals surface area (Å²) in [4.78, 5) is 6.40. The molecule has 1 unspecified atom stereocenters. The van der Waals surface area contributed by atoms with Crippen molar-refractivity contribution in [3.63, 3.8) is 0 Å². The second-order valence-corrected chi connectivity index (χ2v) is 9.14. The largest absolute Gasteiger partial charge is 0.485 e. The molecule has 1 atom stereocenters. The molecule has 3 aromatic rings. The number of piperazine rings is 1. The lowest BCUT2D eigenvalue weighted by molar-refractivity contribution is 0.119. The molecule has 1 fully saturated rings. The predicted octanol–water partition coefficient (Wildman–Crippen LogP) is 4.80. The fraction of sp³-hybridized carbons (Fsp3) is 0.385. The van der Waals surface area contributed by atoms with E-state index in [1.807, 2.05) is 7.05 Å². The summed E-state index contributed by atoms with van der Waals surface area (Å²) in [7, 11) is 2.00. The Bertz CT molecular complexity index is 892. The number of thiophene rings is 1. The first-order valence-electron chi connectivity index (χ1n) is 11.2. The molecule has 31 heavy (non-hydrogen) atoms. The molecule has 0 aliphatic carbocycles. The van der Waals surface area contributed by atoms with Gasteiger partial charge in [-0.1, -0.05) is 54.6 Å². The zero-order valence-electron chi connectivity index (χ0n) is 18.4. The quantitative estimate of drug-likeness (QED) is 0.495. The minimum atomic E-state index is 0.0938. The van der Waals surface area contributed by atoms with E-state index in [4.69, 9.17) is 4.74 Å². The van der Waals surface area contributed by atoms with E-state index in [1.54, 1.807) is 11.3 Å². The van der Waals surface area contributed by atoms with Gasteiger partial charge in [0.05, 0.1) is 0 Å². The van der Waals surface area contributed by atoms with E-state index in [0.717, 1.165) is 58.0 Å². The average molecular weight is 436 g/mol. The van der Waals surface area contributed by atoms with Crippen LogP contribution in [0.1, 0.15) is 28.5 Å². The van der Waals surface area contributed by atoms with Crippen molar-refractivity contribution >= 4 is 11.3 Å². The second-order valence-electron chi connectivity index (χ2n) is 8.16. The predicted molar refractivity (Wildman–Crippen MR) is 130 cm³/mol. The summed E-state index contributed by atoms with van der Waals surface area (Å²) < 4.78 is 6.57. The van der Waals surface area contributed by atoms with Crippen LogP contribution in [0.2, 0.25) is 0 Å². The lowest BCUT2D eigenvalue weighted by Crippen LogP contribution is -2.45. The van der Waals surface area contributed by atoms with Gasteiger partial charge < -0.3 is 10.1 Å². The number of para-hydroxylation sites is 1. The Balaban J connectivity index is 1.35. The first kappa shape index (κ1) is 22.0. The Kier molecular flexibility index (Phi) is 8.13. The summed E-state index contributed by atoms with van der Waals surface area (Å²) in [5, 5.41) is 5.39. The Morgan fingerprint density at radius 2 is 1.58 bits per heavy atom. The van der Waals surface area contributed by atoms with E-state index in [1.165, 1.54) is 16.0 Å². The molecule has 4 rings (SSSR count). The fourth-order valence-electron chi connectivity index (χ4n) is 4.10. The summed E-state index contributed by atoms with van der Waals surface area (Å²) in [6, 6.07) is 23.6. The summed E-state index contributed by atoms with van der Waals surface area (Å²) in [5.41, 5.74) is 2.68. The molecule has 0 radical (unpaired) electrons. The van der Waals surface area contributed by atoms with Gasteiger partial charge in [0.1, 0.15) is 11.9 Å². The van der Waals surface area contributed by atoms with Crippen molar-refractivity contribution in [1.82, 2.24) is 15.1 Å². The zero-order chi connectivity index (χ0) is 21.3. The summed E-state index contributed by atoms with van der Waals surface area (Å²) in [5.74, 6) is 1.02. The summed E-state index contributed by atoms with van der Waals surface area (Å²) in [6.45, 7) is 7.33. The van der Waals surface area contributed by atoms with Crippen LogP contribution in [0.25, 0.3) is 0 Å². The minimum Gasteiger partial charge on any atom is -0.485 e. The maximum absolute atomic E-state index is 6.57. The van der Waals surface area contributed by atoms with Crippen molar-refractivity contribution in [1.29, 1.82) is 0 Å². The van der Waals surface area contributed by atoms with Crippen LogP contribution in [0.3, 0.4) is 0 Å². The van der Waals surface area contributed by atoms with Crippen molar-refractivity contribution in [3.8, 4) is 5.75 Å². The van der Waals surface area contributed by atoms with Crippen LogP contribution >= 0.6 is 11.3 Å². The Morgan fingerprint density at radius 3 is 2.29 bits per heavy atom. The first-order valence-corrected chi connectivity index (χ1v) is 12.1. The van der Waals surface area contributed by atoms with E-state index in [2.05, 4.69) is 87.2 Å². The normalized spacial score (nSPS) is 16.3. The number of rotatable bonds is 10. The third kappa shape index (κ3) is 6.40. The summed E-state index contributed by atoms with van der Waals surface area (Å²) in [6.07, 6.45) is 1.06.